The molecule has 106 valence electrons. The molecule has 0 aliphatic carbocycles. The summed E-state index contributed by atoms with van der Waals surface area (Å²) in [5, 5.41) is 0. The molecule has 0 aromatic carbocycles. The third-order valence-corrected chi connectivity index (χ3v) is 0. The second-order valence-corrected chi connectivity index (χ2v) is 5.30. The summed E-state index contributed by atoms with van der Waals surface area (Å²) in [5.41, 5.74) is 12.1. The van der Waals surface area contributed by atoms with Crippen LogP contribution < -0.4 is 16.5 Å². The van der Waals surface area contributed by atoms with Gasteiger partial charge in [-0.25, -0.2) is 30.2 Å². The molecular weight excluding hydrogens is 341 g/mol. The van der Waals surface area contributed by atoms with Crippen LogP contribution in [0.4, 0.5) is 0 Å². The van der Waals surface area contributed by atoms with Gasteiger partial charge < -0.3 is 29.4 Å². The predicted molar refractivity (Wildman–Crippen MR) is 62.5 cm³/mol. The van der Waals surface area contributed by atoms with Crippen LogP contribution in [0.3, 0.4) is 0 Å². The summed E-state index contributed by atoms with van der Waals surface area (Å²) in [5.74, 6) is 0. The lowest BCUT2D eigenvalue weighted by Crippen LogP contribution is -1.87. The maximum absolute atomic E-state index is 9.10. The Kier molecular flexibility index (Phi) is 22.2. The van der Waals surface area contributed by atoms with E-state index in [4.69, 9.17) is 43.1 Å². The van der Waals surface area contributed by atoms with E-state index in [0.29, 0.717) is 0 Å². The summed E-state index contributed by atoms with van der Waals surface area (Å²) >= 11 is 0. The van der Waals surface area contributed by atoms with Crippen LogP contribution in [0.2, 0.25) is 0 Å². The molecule has 0 spiro atoms. The van der Waals surface area contributed by atoms with Gasteiger partial charge in [-0.1, -0.05) is 0 Å². The van der Waals surface area contributed by atoms with Crippen molar-refractivity contribution >= 4 is 43.0 Å². The molecule has 0 fully saturated rings. The highest BCUT2D eigenvalue weighted by atomic mass is 31.2. The molecule has 0 rings (SSSR count). The minimum atomic E-state index is -4.14. The van der Waals surface area contributed by atoms with E-state index < -0.39 is 23.2 Å². The van der Waals surface area contributed by atoms with Crippen LogP contribution in [0, 0.1) is 0 Å². The van der Waals surface area contributed by atoms with Gasteiger partial charge in [0.1, 0.15) is 0 Å². The van der Waals surface area contributed by atoms with Gasteiger partial charge in [-0.05, 0) is 0 Å². The molecule has 0 atom stereocenters. The van der Waals surface area contributed by atoms with Crippen LogP contribution in [0.15, 0.2) is 0 Å². The van der Waals surface area contributed by atoms with Gasteiger partial charge in [0, 0.05) is 19.8 Å². The third kappa shape index (κ3) is 2800. The highest BCUT2D eigenvalue weighted by molar-refractivity contribution is 7.49. The third-order valence-electron chi connectivity index (χ3n) is 0. The fourth-order valence-corrected chi connectivity index (χ4v) is 0. The van der Waals surface area contributed by atoms with E-state index >= 15 is 0 Å². The molecular formula is H12N3O9P5. The maximum atomic E-state index is 9.10. The zero-order valence-corrected chi connectivity index (χ0v) is 12.3. The predicted octanol–water partition coefficient (Wildman–Crippen LogP) is -1.16. The van der Waals surface area contributed by atoms with Crippen LogP contribution >= 0.6 is 43.0 Å². The van der Waals surface area contributed by atoms with E-state index in [-0.39, 0.29) is 19.8 Å². The molecule has 0 heterocycles. The van der Waals surface area contributed by atoms with Gasteiger partial charge in [0.25, 0.3) is 0 Å². The minimum absolute atomic E-state index is 0. The van der Waals surface area contributed by atoms with Gasteiger partial charge in [-0.15, -0.1) is 0 Å². The fraction of sp³-hybridized carbons (Fsp3) is 0. The Labute approximate surface area is 103 Å². The summed E-state index contributed by atoms with van der Waals surface area (Å²) in [4.78, 5) is 44.5. The number of hydrogen-bond acceptors (Lipinski definition) is 3. The zero-order chi connectivity index (χ0) is 13.5. The Hall–Kier alpha value is 1.19. The molecule has 12 N–H and O–H groups in total. The van der Waals surface area contributed by atoms with Crippen LogP contribution in [0.1, 0.15) is 0 Å². The molecule has 17 heavy (non-hydrogen) atoms. The van der Waals surface area contributed by atoms with E-state index in [1.165, 1.54) is 0 Å². The lowest BCUT2D eigenvalue weighted by Gasteiger charge is -1.84. The first-order valence-electron chi connectivity index (χ1n) is 2.52. The lowest BCUT2D eigenvalue weighted by molar-refractivity contribution is 0.372. The molecule has 17 heteroatoms. The fourth-order valence-electron chi connectivity index (χ4n) is 0. The Balaban J connectivity index is -0.0000000400. The minimum Gasteiger partial charge on any atom is -0.313 e. The first-order chi connectivity index (χ1) is 6.00. The summed E-state index contributed by atoms with van der Waals surface area (Å²) in [7, 11) is -12.4. The highest BCUT2D eigenvalue weighted by Crippen LogP contribution is 2.20. The largest absolute Gasteiger partial charge is 0.397 e. The second-order valence-electron chi connectivity index (χ2n) is 1.77. The van der Waals surface area contributed by atoms with Crippen molar-refractivity contribution < 1.29 is 43.1 Å². The molecule has 0 amide bonds. The monoisotopic (exact) mass is 353 g/mol. The van der Waals surface area contributed by atoms with Crippen molar-refractivity contribution in [3.63, 3.8) is 0 Å². The Morgan fingerprint density at radius 3 is 0.529 bits per heavy atom. The average molecular weight is 353 g/mol. The summed E-state index contributed by atoms with van der Waals surface area (Å²) in [6.45, 7) is 0. The Morgan fingerprint density at radius 1 is 0.529 bits per heavy atom. The molecule has 0 bridgehead atoms. The lowest BCUT2D eigenvalue weighted by atomic mass is 13.9. The molecule has 6 radical (unpaired) electrons. The van der Waals surface area contributed by atoms with Gasteiger partial charge in [0.15, 0.2) is 0 Å². The van der Waals surface area contributed by atoms with Gasteiger partial charge >= 0.3 is 23.2 Å². The average Bonchev–Trinajstić information content (AvgIpc) is 1.41. The molecule has 0 aliphatic rings. The van der Waals surface area contributed by atoms with E-state index in [1.54, 1.807) is 0 Å². The van der Waals surface area contributed by atoms with Gasteiger partial charge in [0.05, 0.1) is 0 Å². The van der Waals surface area contributed by atoms with Crippen molar-refractivity contribution in [3.05, 3.63) is 0 Å². The molecule has 0 saturated heterocycles. The molecule has 12 nitrogen and oxygen atoms in total. The smallest absolute Gasteiger partial charge is 0.313 e. The molecule has 0 unspecified atom stereocenters. The van der Waals surface area contributed by atoms with E-state index in [0.717, 1.165) is 0 Å². The molecule has 0 aromatic heterocycles. The van der Waals surface area contributed by atoms with Crippen LogP contribution in [-0.4, -0.2) is 29.4 Å². The first kappa shape index (κ1) is 30.9. The van der Waals surface area contributed by atoms with Gasteiger partial charge in [-0.2, -0.15) is 0 Å². The van der Waals surface area contributed by atoms with Crippen molar-refractivity contribution in [2.24, 2.45) is 16.5 Å². The van der Waals surface area contributed by atoms with Crippen molar-refractivity contribution in [2.45, 2.75) is 0 Å². The Morgan fingerprint density at radius 2 is 0.529 bits per heavy atom. The van der Waals surface area contributed by atoms with Gasteiger partial charge in [0.2, 0.25) is 0 Å². The van der Waals surface area contributed by atoms with Crippen LogP contribution in [0.25, 0.3) is 0 Å². The van der Waals surface area contributed by atoms with E-state index in [9.17, 15) is 0 Å². The summed E-state index contributed by atoms with van der Waals surface area (Å²) < 4.78 is 27.3. The van der Waals surface area contributed by atoms with E-state index in [1.807, 2.05) is 0 Å². The highest BCUT2D eigenvalue weighted by Gasteiger charge is 1.97. The van der Waals surface area contributed by atoms with Crippen molar-refractivity contribution in [3.8, 4) is 0 Å². The normalized spacial score (nSPS) is 10.4. The summed E-state index contributed by atoms with van der Waals surface area (Å²) in [6, 6.07) is 0. The van der Waals surface area contributed by atoms with Gasteiger partial charge in [-0.3, -0.25) is 0 Å². The van der Waals surface area contributed by atoms with Crippen molar-refractivity contribution in [1.82, 2.24) is 0 Å². The summed E-state index contributed by atoms with van der Waals surface area (Å²) in [6.07, 6.45) is 0. The van der Waals surface area contributed by atoms with Crippen molar-refractivity contribution in [2.75, 3.05) is 0 Å². The SMILES string of the molecule is NP(=O)(O)O.NP(=O)(O)O.NP(=O)(O)O.[P].[P]. The van der Waals surface area contributed by atoms with Crippen LogP contribution in [0.5, 0.6) is 0 Å². The quantitative estimate of drug-likeness (QED) is 0.234. The van der Waals surface area contributed by atoms with E-state index in [2.05, 4.69) is 16.5 Å². The van der Waals surface area contributed by atoms with Crippen molar-refractivity contribution in [1.29, 1.82) is 0 Å². The number of nitrogens with two attached hydrogens (primary N) is 3. The maximum Gasteiger partial charge on any atom is 0.397 e. The Bertz CT molecular complexity index is 211. The topological polar surface area (TPSA) is 251 Å². The first-order valence-corrected chi connectivity index (χ1v) is 7.57. The second kappa shape index (κ2) is 12.2. The molecule has 0 aliphatic heterocycles. The number of hydrogen-bond donors (Lipinski definition) is 9. The molecule has 0 aromatic rings. The standard InChI is InChI=1S/3H4NO3P.2P/c3*1-5(2,3)4;;/h3*(H4,1,2,3,4);;. The molecule has 0 saturated carbocycles. The number of rotatable bonds is 0. The zero-order valence-electron chi connectivity index (χ0n) is 7.88. The van der Waals surface area contributed by atoms with Crippen LogP contribution in [-0.2, 0) is 13.7 Å².